The molecule has 0 saturated carbocycles. The molecule has 2 aromatic rings. The minimum absolute atomic E-state index is 0.00970. The highest BCUT2D eigenvalue weighted by Gasteiger charge is 2.28. The number of carbonyl (C=O) groups excluding carboxylic acids is 1. The van der Waals surface area contributed by atoms with Crippen molar-refractivity contribution in [2.24, 2.45) is 4.99 Å². The predicted molar refractivity (Wildman–Crippen MR) is 184 cm³/mol. The Balaban J connectivity index is 1.15. The van der Waals surface area contributed by atoms with Gasteiger partial charge in [-0.1, -0.05) is 120 Å². The van der Waals surface area contributed by atoms with E-state index >= 15 is 0 Å². The number of amides is 1. The minimum atomic E-state index is 0.00970. The molecule has 0 bridgehead atoms. The smallest absolute Gasteiger partial charge is 0.247 e. The molecule has 0 atom stereocenters. The SMILES string of the molecule is CCCCCCCCCCCCCCCCOc1cccc(CN(C(C)=O)c2cccc(CC3=N[C+]=C4C=CC=CN43)c2)c1. The molecule has 2 aliphatic rings. The average molecular weight is 595 g/mol. The minimum Gasteiger partial charge on any atom is -0.494 e. The van der Waals surface area contributed by atoms with Crippen LogP contribution in [0.15, 0.2) is 83.6 Å². The van der Waals surface area contributed by atoms with Crippen LogP contribution in [0.2, 0.25) is 0 Å². The van der Waals surface area contributed by atoms with E-state index in [-0.39, 0.29) is 5.91 Å². The Bertz CT molecular complexity index is 1290. The standard InChI is InChI=1S/C39H52N3O2/c1-3-4-5-6-7-8-9-10-11-12-13-14-15-18-27-44-38-25-20-22-35(29-38)32-42(33(2)43)36-24-19-21-34(28-36)30-39-40-31-37-23-16-17-26-41(37)39/h16-17,19-26,28-29H,3-15,18,27,30,32H2,1-2H3/q+1. The molecule has 44 heavy (non-hydrogen) atoms. The summed E-state index contributed by atoms with van der Waals surface area (Å²) in [5.74, 6) is 1.81. The molecule has 0 unspecified atom stereocenters. The maximum absolute atomic E-state index is 12.7. The van der Waals surface area contributed by atoms with Crippen molar-refractivity contribution in [2.75, 3.05) is 11.5 Å². The number of amidine groups is 1. The fourth-order valence-corrected chi connectivity index (χ4v) is 5.86. The molecule has 234 valence electrons. The molecule has 0 N–H and O–H groups in total. The first-order chi connectivity index (χ1) is 21.6. The highest BCUT2D eigenvalue weighted by atomic mass is 16.5. The highest BCUT2D eigenvalue weighted by Crippen LogP contribution is 2.25. The van der Waals surface area contributed by atoms with Crippen molar-refractivity contribution in [3.63, 3.8) is 0 Å². The molecule has 0 aliphatic carbocycles. The van der Waals surface area contributed by atoms with Gasteiger partial charge in [-0.2, -0.15) is 0 Å². The van der Waals surface area contributed by atoms with Gasteiger partial charge in [0.05, 0.1) is 25.6 Å². The van der Waals surface area contributed by atoms with Crippen LogP contribution >= 0.6 is 0 Å². The third-order valence-corrected chi connectivity index (χ3v) is 8.41. The first-order valence-corrected chi connectivity index (χ1v) is 17.1. The number of allylic oxidation sites excluding steroid dienone is 3. The van der Waals surface area contributed by atoms with E-state index in [4.69, 9.17) is 4.74 Å². The van der Waals surface area contributed by atoms with Gasteiger partial charge in [-0.3, -0.25) is 4.79 Å². The lowest BCUT2D eigenvalue weighted by molar-refractivity contribution is -0.116. The first-order valence-electron chi connectivity index (χ1n) is 17.1. The number of hydrogen-bond donors (Lipinski definition) is 0. The third kappa shape index (κ3) is 11.1. The van der Waals surface area contributed by atoms with Crippen molar-refractivity contribution in [1.82, 2.24) is 4.90 Å². The Hall–Kier alpha value is -3.69. The summed E-state index contributed by atoms with van der Waals surface area (Å²) in [5, 5.41) is 0. The van der Waals surface area contributed by atoms with Gasteiger partial charge in [0.2, 0.25) is 17.4 Å². The average Bonchev–Trinajstić information content (AvgIpc) is 3.44. The Morgan fingerprint density at radius 1 is 0.818 bits per heavy atom. The van der Waals surface area contributed by atoms with Gasteiger partial charge >= 0.3 is 0 Å². The second-order valence-corrected chi connectivity index (χ2v) is 12.1. The Morgan fingerprint density at radius 3 is 2.18 bits per heavy atom. The molecule has 0 aromatic heterocycles. The van der Waals surface area contributed by atoms with Gasteiger partial charge in [-0.05, 0) is 54.0 Å². The molecular formula is C39H52N3O2+. The lowest BCUT2D eigenvalue weighted by Gasteiger charge is -2.22. The summed E-state index contributed by atoms with van der Waals surface area (Å²) in [7, 11) is 0. The fourth-order valence-electron chi connectivity index (χ4n) is 5.86. The van der Waals surface area contributed by atoms with Crippen molar-refractivity contribution in [2.45, 2.75) is 117 Å². The van der Waals surface area contributed by atoms with Crippen molar-refractivity contribution < 1.29 is 9.53 Å². The first kappa shape index (κ1) is 33.2. The van der Waals surface area contributed by atoms with E-state index in [1.54, 1.807) is 6.92 Å². The second kappa shape index (κ2) is 18.9. The van der Waals surface area contributed by atoms with Gasteiger partial charge in [-0.15, -0.1) is 0 Å². The summed E-state index contributed by atoms with van der Waals surface area (Å²) in [6, 6.07) is 16.3. The van der Waals surface area contributed by atoms with E-state index in [1.807, 2.05) is 53.6 Å². The molecule has 4 rings (SSSR count). The maximum Gasteiger partial charge on any atom is 0.247 e. The Kier molecular flexibility index (Phi) is 14.2. The number of carbonyl (C=O) groups is 1. The molecule has 2 aliphatic heterocycles. The van der Waals surface area contributed by atoms with Crippen LogP contribution in [0, 0.1) is 6.20 Å². The Labute approximate surface area is 266 Å². The van der Waals surface area contributed by atoms with E-state index in [0.717, 1.165) is 47.1 Å². The summed E-state index contributed by atoms with van der Waals surface area (Å²) in [6.07, 6.45) is 30.7. The zero-order valence-corrected chi connectivity index (χ0v) is 27.1. The van der Waals surface area contributed by atoms with Gasteiger partial charge in [0, 0.05) is 18.8 Å². The number of anilines is 1. The van der Waals surface area contributed by atoms with E-state index in [9.17, 15) is 4.79 Å². The number of fused-ring (bicyclic) bond motifs is 1. The number of aliphatic imine (C=N–C) groups is 1. The zero-order valence-electron chi connectivity index (χ0n) is 27.1. The summed E-state index contributed by atoms with van der Waals surface area (Å²) < 4.78 is 6.10. The zero-order chi connectivity index (χ0) is 30.8. The topological polar surface area (TPSA) is 45.1 Å². The second-order valence-electron chi connectivity index (χ2n) is 12.1. The van der Waals surface area contributed by atoms with E-state index in [2.05, 4.69) is 47.3 Å². The molecule has 2 aromatic carbocycles. The molecule has 1 amide bonds. The van der Waals surface area contributed by atoms with E-state index in [1.165, 1.54) is 83.5 Å². The van der Waals surface area contributed by atoms with Crippen LogP contribution in [-0.2, 0) is 17.8 Å². The van der Waals surface area contributed by atoms with Crippen molar-refractivity contribution >= 4 is 17.4 Å². The molecule has 0 radical (unpaired) electrons. The Morgan fingerprint density at radius 2 is 1.48 bits per heavy atom. The van der Waals surface area contributed by atoms with Gasteiger partial charge in [0.25, 0.3) is 0 Å². The molecule has 0 spiro atoms. The van der Waals surface area contributed by atoms with Gasteiger partial charge in [0.15, 0.2) is 6.20 Å². The fraction of sp³-hybridized carbons (Fsp3) is 0.487. The van der Waals surface area contributed by atoms with Crippen LogP contribution in [0.1, 0.15) is 115 Å². The number of hydrogen-bond acceptors (Lipinski definition) is 4. The van der Waals surface area contributed by atoms with Crippen LogP contribution in [-0.4, -0.2) is 23.2 Å². The van der Waals surface area contributed by atoms with Crippen LogP contribution in [0.3, 0.4) is 0 Å². The molecule has 5 heteroatoms. The number of ether oxygens (including phenoxy) is 1. The summed E-state index contributed by atoms with van der Waals surface area (Å²) in [6.45, 7) is 5.14. The van der Waals surface area contributed by atoms with Crippen molar-refractivity contribution in [3.8, 4) is 5.75 Å². The normalized spacial score (nSPS) is 13.4. The molecule has 0 saturated heterocycles. The molecule has 0 fully saturated rings. The van der Waals surface area contributed by atoms with Crippen LogP contribution < -0.4 is 9.64 Å². The van der Waals surface area contributed by atoms with Gasteiger partial charge in [0.1, 0.15) is 5.75 Å². The monoisotopic (exact) mass is 594 g/mol. The largest absolute Gasteiger partial charge is 0.494 e. The summed E-state index contributed by atoms with van der Waals surface area (Å²) >= 11 is 0. The van der Waals surface area contributed by atoms with Crippen LogP contribution in [0.5, 0.6) is 5.75 Å². The summed E-state index contributed by atoms with van der Waals surface area (Å²) in [4.78, 5) is 21.1. The molecular weight excluding hydrogens is 542 g/mol. The highest BCUT2D eigenvalue weighted by molar-refractivity contribution is 5.92. The maximum atomic E-state index is 12.7. The number of rotatable bonds is 21. The van der Waals surface area contributed by atoms with Crippen molar-refractivity contribution in [3.05, 3.63) is 96.0 Å². The van der Waals surface area contributed by atoms with E-state index in [0.29, 0.717) is 13.0 Å². The van der Waals surface area contributed by atoms with Crippen LogP contribution in [0.4, 0.5) is 5.69 Å². The van der Waals surface area contributed by atoms with E-state index < -0.39 is 0 Å². The predicted octanol–water partition coefficient (Wildman–Crippen LogP) is 10.1. The number of nitrogens with zero attached hydrogens (tertiary/aromatic N) is 3. The van der Waals surface area contributed by atoms with Gasteiger partial charge in [-0.25, -0.2) is 4.90 Å². The molecule has 5 nitrogen and oxygen atoms in total. The lowest BCUT2D eigenvalue weighted by atomic mass is 10.0. The summed E-state index contributed by atoms with van der Waals surface area (Å²) in [5.41, 5.74) is 3.99. The van der Waals surface area contributed by atoms with Crippen molar-refractivity contribution in [1.29, 1.82) is 0 Å². The van der Waals surface area contributed by atoms with Crippen LogP contribution in [0.25, 0.3) is 0 Å². The number of benzene rings is 2. The quantitative estimate of drug-likeness (QED) is 0.107. The third-order valence-electron chi connectivity index (χ3n) is 8.41. The van der Waals surface area contributed by atoms with Gasteiger partial charge < -0.3 is 9.64 Å². The molecule has 2 heterocycles. The number of unbranched alkanes of at least 4 members (excludes halogenated alkanes) is 13. The lowest BCUT2D eigenvalue weighted by Crippen LogP contribution is -2.28.